The molecule has 7 heteroatoms. The number of fused-ring (bicyclic) bond motifs is 1. The summed E-state index contributed by atoms with van der Waals surface area (Å²) < 4.78 is 20.4. The standard InChI is InChI=1S/C26H28FN3O3/c1-16(2)20-9-6-7-17(3)24(20)28-23(31)15-33-26(32)25-21-8-4-5-10-22(21)30(29-25)19-13-11-18(27)12-14-19/h6-7,9,11-14,16H,4-5,8,10,15H2,1-3H3,(H,28,31). The molecule has 0 fully saturated rings. The minimum absolute atomic E-state index is 0.223. The number of nitrogens with zero attached hydrogens (tertiary/aromatic N) is 2. The molecule has 1 heterocycles. The molecule has 0 aliphatic heterocycles. The lowest BCUT2D eigenvalue weighted by atomic mass is 9.95. The van der Waals surface area contributed by atoms with E-state index in [2.05, 4.69) is 24.3 Å². The maximum atomic E-state index is 13.4. The van der Waals surface area contributed by atoms with E-state index in [1.807, 2.05) is 25.1 Å². The molecule has 0 atom stereocenters. The number of ether oxygens (including phenoxy) is 1. The number of carbonyl (C=O) groups is 2. The molecule has 0 saturated carbocycles. The number of hydrogen-bond donors (Lipinski definition) is 1. The molecule has 33 heavy (non-hydrogen) atoms. The van der Waals surface area contributed by atoms with E-state index in [0.717, 1.165) is 47.3 Å². The average molecular weight is 450 g/mol. The zero-order valence-corrected chi connectivity index (χ0v) is 19.2. The number of anilines is 1. The molecular formula is C26H28FN3O3. The fourth-order valence-electron chi connectivity index (χ4n) is 4.28. The van der Waals surface area contributed by atoms with Crippen LogP contribution < -0.4 is 5.32 Å². The Labute approximate surface area is 192 Å². The topological polar surface area (TPSA) is 73.2 Å². The number of aromatic nitrogens is 2. The number of hydrogen-bond acceptors (Lipinski definition) is 4. The van der Waals surface area contributed by atoms with Crippen molar-refractivity contribution in [3.05, 3.63) is 76.4 Å². The second-order valence-electron chi connectivity index (χ2n) is 8.69. The van der Waals surface area contributed by atoms with E-state index in [-0.39, 0.29) is 17.4 Å². The SMILES string of the molecule is Cc1cccc(C(C)C)c1NC(=O)COC(=O)c1nn(-c2ccc(F)cc2)c2c1CCCC2. The Bertz CT molecular complexity index is 1180. The van der Waals surface area contributed by atoms with Crippen molar-refractivity contribution in [1.82, 2.24) is 9.78 Å². The second kappa shape index (κ2) is 9.57. The fraction of sp³-hybridized carbons (Fsp3) is 0.346. The van der Waals surface area contributed by atoms with Crippen molar-refractivity contribution >= 4 is 17.6 Å². The van der Waals surface area contributed by atoms with Crippen LogP contribution in [0.3, 0.4) is 0 Å². The molecule has 0 unspecified atom stereocenters. The van der Waals surface area contributed by atoms with Crippen LogP contribution in [0.5, 0.6) is 0 Å². The van der Waals surface area contributed by atoms with Gasteiger partial charge in [-0.3, -0.25) is 4.79 Å². The van der Waals surface area contributed by atoms with Crippen LogP contribution in [0.2, 0.25) is 0 Å². The van der Waals surface area contributed by atoms with E-state index >= 15 is 0 Å². The maximum absolute atomic E-state index is 13.4. The number of halogens is 1. The highest BCUT2D eigenvalue weighted by atomic mass is 19.1. The van der Waals surface area contributed by atoms with Gasteiger partial charge in [-0.15, -0.1) is 0 Å². The number of para-hydroxylation sites is 1. The van der Waals surface area contributed by atoms with Crippen LogP contribution in [0.4, 0.5) is 10.1 Å². The Morgan fingerprint density at radius 3 is 2.58 bits per heavy atom. The summed E-state index contributed by atoms with van der Waals surface area (Å²) >= 11 is 0. The van der Waals surface area contributed by atoms with Crippen LogP contribution in [0.1, 0.15) is 65.5 Å². The Balaban J connectivity index is 1.50. The number of carbonyl (C=O) groups excluding carboxylic acids is 2. The number of rotatable bonds is 6. The summed E-state index contributed by atoms with van der Waals surface area (Å²) in [4.78, 5) is 25.4. The molecule has 0 bridgehead atoms. The maximum Gasteiger partial charge on any atom is 0.359 e. The third-order valence-corrected chi connectivity index (χ3v) is 5.97. The smallest absolute Gasteiger partial charge is 0.359 e. The van der Waals surface area contributed by atoms with Crippen molar-refractivity contribution in [2.45, 2.75) is 52.4 Å². The van der Waals surface area contributed by atoms with Crippen molar-refractivity contribution in [3.8, 4) is 5.69 Å². The molecule has 1 aromatic heterocycles. The van der Waals surface area contributed by atoms with Crippen LogP contribution in [-0.2, 0) is 22.4 Å². The Morgan fingerprint density at radius 2 is 1.85 bits per heavy atom. The lowest BCUT2D eigenvalue weighted by Gasteiger charge is -2.16. The van der Waals surface area contributed by atoms with Gasteiger partial charge in [0.15, 0.2) is 12.3 Å². The summed E-state index contributed by atoms with van der Waals surface area (Å²) in [5.74, 6) is -1.12. The van der Waals surface area contributed by atoms with Crippen molar-refractivity contribution in [3.63, 3.8) is 0 Å². The molecule has 0 radical (unpaired) electrons. The second-order valence-corrected chi connectivity index (χ2v) is 8.69. The molecule has 0 spiro atoms. The summed E-state index contributed by atoms with van der Waals surface area (Å²) in [7, 11) is 0. The van der Waals surface area contributed by atoms with Crippen LogP contribution in [0.15, 0.2) is 42.5 Å². The van der Waals surface area contributed by atoms with E-state index in [4.69, 9.17) is 4.74 Å². The average Bonchev–Trinajstić information content (AvgIpc) is 3.19. The lowest BCUT2D eigenvalue weighted by Crippen LogP contribution is -2.23. The number of nitrogens with one attached hydrogen (secondary N) is 1. The highest BCUT2D eigenvalue weighted by Crippen LogP contribution is 2.29. The van der Waals surface area contributed by atoms with Gasteiger partial charge in [-0.2, -0.15) is 5.10 Å². The first kappa shape index (κ1) is 22.7. The molecule has 1 aliphatic carbocycles. The Kier molecular flexibility index (Phi) is 6.58. The van der Waals surface area contributed by atoms with Gasteiger partial charge in [-0.1, -0.05) is 32.0 Å². The number of esters is 1. The molecule has 172 valence electrons. The normalized spacial score (nSPS) is 13.0. The van der Waals surface area contributed by atoms with Gasteiger partial charge in [0.2, 0.25) is 0 Å². The van der Waals surface area contributed by atoms with Gasteiger partial charge in [0, 0.05) is 16.9 Å². The largest absolute Gasteiger partial charge is 0.451 e. The molecule has 1 aliphatic rings. The predicted octanol–water partition coefficient (Wildman–Crippen LogP) is 5.12. The summed E-state index contributed by atoms with van der Waals surface area (Å²) in [6.07, 6.45) is 3.44. The molecule has 4 rings (SSSR count). The van der Waals surface area contributed by atoms with E-state index in [1.54, 1.807) is 16.8 Å². The van der Waals surface area contributed by atoms with E-state index < -0.39 is 18.5 Å². The fourth-order valence-corrected chi connectivity index (χ4v) is 4.28. The first-order chi connectivity index (χ1) is 15.8. The molecule has 0 saturated heterocycles. The first-order valence-corrected chi connectivity index (χ1v) is 11.3. The van der Waals surface area contributed by atoms with Crippen LogP contribution in [-0.4, -0.2) is 28.3 Å². The van der Waals surface area contributed by atoms with Gasteiger partial charge < -0.3 is 10.1 Å². The quantitative estimate of drug-likeness (QED) is 0.530. The predicted molar refractivity (Wildman–Crippen MR) is 124 cm³/mol. The van der Waals surface area contributed by atoms with Crippen LogP contribution in [0, 0.1) is 12.7 Å². The van der Waals surface area contributed by atoms with Crippen molar-refractivity contribution in [1.29, 1.82) is 0 Å². The highest BCUT2D eigenvalue weighted by molar-refractivity contribution is 5.96. The molecule has 1 N–H and O–H groups in total. The third-order valence-electron chi connectivity index (χ3n) is 5.97. The Hall–Kier alpha value is -3.48. The van der Waals surface area contributed by atoms with Crippen LogP contribution in [0.25, 0.3) is 5.69 Å². The highest BCUT2D eigenvalue weighted by Gasteiger charge is 2.27. The van der Waals surface area contributed by atoms with E-state index in [1.165, 1.54) is 12.1 Å². The minimum Gasteiger partial charge on any atom is -0.451 e. The number of aryl methyl sites for hydroxylation is 1. The number of benzene rings is 2. The molecule has 6 nitrogen and oxygen atoms in total. The van der Waals surface area contributed by atoms with Gasteiger partial charge in [0.05, 0.1) is 5.69 Å². The number of amides is 1. The van der Waals surface area contributed by atoms with E-state index in [0.29, 0.717) is 12.1 Å². The van der Waals surface area contributed by atoms with Crippen molar-refractivity contribution in [2.24, 2.45) is 0 Å². The molecule has 2 aromatic carbocycles. The summed E-state index contributed by atoms with van der Waals surface area (Å²) in [6, 6.07) is 11.9. The first-order valence-electron chi connectivity index (χ1n) is 11.3. The minimum atomic E-state index is -0.627. The molecule has 3 aromatic rings. The summed E-state index contributed by atoms with van der Waals surface area (Å²) in [5, 5.41) is 7.38. The molecule has 1 amide bonds. The van der Waals surface area contributed by atoms with Gasteiger partial charge in [-0.25, -0.2) is 13.9 Å². The Morgan fingerprint density at radius 1 is 1.12 bits per heavy atom. The van der Waals surface area contributed by atoms with E-state index in [9.17, 15) is 14.0 Å². The van der Waals surface area contributed by atoms with Gasteiger partial charge in [-0.05, 0) is 73.9 Å². The summed E-state index contributed by atoms with van der Waals surface area (Å²) in [6.45, 7) is 5.65. The summed E-state index contributed by atoms with van der Waals surface area (Å²) in [5.41, 5.74) is 5.43. The third kappa shape index (κ3) is 4.82. The zero-order valence-electron chi connectivity index (χ0n) is 19.2. The van der Waals surface area contributed by atoms with Crippen molar-refractivity contribution in [2.75, 3.05) is 11.9 Å². The molecular weight excluding hydrogens is 421 g/mol. The lowest BCUT2D eigenvalue weighted by molar-refractivity contribution is -0.119. The zero-order chi connectivity index (χ0) is 23.5. The van der Waals surface area contributed by atoms with Gasteiger partial charge in [0.1, 0.15) is 5.82 Å². The van der Waals surface area contributed by atoms with Crippen LogP contribution >= 0.6 is 0 Å². The van der Waals surface area contributed by atoms with Gasteiger partial charge in [0.25, 0.3) is 5.91 Å². The van der Waals surface area contributed by atoms with Crippen molar-refractivity contribution < 1.29 is 18.7 Å². The van der Waals surface area contributed by atoms with Gasteiger partial charge >= 0.3 is 5.97 Å². The monoisotopic (exact) mass is 449 g/mol.